The number of anilines is 3. The van der Waals surface area contributed by atoms with Crippen LogP contribution in [0.3, 0.4) is 0 Å². The minimum Gasteiger partial charge on any atom is -0.341 e. The Morgan fingerprint density at radius 3 is 2.74 bits per heavy atom. The van der Waals surface area contributed by atoms with Crippen molar-refractivity contribution < 1.29 is 0 Å². The second-order valence-electron chi connectivity index (χ2n) is 9.20. The van der Waals surface area contributed by atoms with Gasteiger partial charge in [0.15, 0.2) is 5.82 Å². The molecular weight excluding hydrogens is 428 g/mol. The first-order valence-corrected chi connectivity index (χ1v) is 11.9. The Morgan fingerprint density at radius 1 is 1.26 bits per heavy atom. The first kappa shape index (κ1) is 23.7. The van der Waals surface area contributed by atoms with E-state index >= 15 is 0 Å². The first-order chi connectivity index (χ1) is 16.4. The van der Waals surface area contributed by atoms with Crippen LogP contribution in [0, 0.1) is 18.3 Å². The summed E-state index contributed by atoms with van der Waals surface area (Å²) < 4.78 is 1.77. The number of hydrogen-bond donors (Lipinski definition) is 2. The molecule has 0 amide bonds. The quantitative estimate of drug-likeness (QED) is 0.521. The maximum atomic E-state index is 9.07. The summed E-state index contributed by atoms with van der Waals surface area (Å²) in [5, 5.41) is 23.9. The van der Waals surface area contributed by atoms with E-state index in [-0.39, 0.29) is 0 Å². The fourth-order valence-corrected chi connectivity index (χ4v) is 4.87. The highest BCUT2D eigenvalue weighted by molar-refractivity contribution is 5.66. The molecule has 2 N–H and O–H groups in total. The van der Waals surface area contributed by atoms with Crippen molar-refractivity contribution in [3.8, 4) is 17.3 Å². The maximum Gasteiger partial charge on any atom is 0.227 e. The van der Waals surface area contributed by atoms with Crippen LogP contribution in [0.25, 0.3) is 11.3 Å². The molecule has 0 saturated carbocycles. The molecule has 3 aromatic heterocycles. The zero-order valence-electron chi connectivity index (χ0n) is 20.7. The molecular formula is C24H34N10. The fraction of sp³-hybridized carbons (Fsp3) is 0.542. The molecule has 4 rings (SSSR count). The highest BCUT2D eigenvalue weighted by Crippen LogP contribution is 2.31. The van der Waals surface area contributed by atoms with Crippen molar-refractivity contribution in [2.24, 2.45) is 7.05 Å². The van der Waals surface area contributed by atoms with Crippen LogP contribution in [-0.4, -0.2) is 66.6 Å². The molecule has 10 nitrogen and oxygen atoms in total. The largest absolute Gasteiger partial charge is 0.341 e. The summed E-state index contributed by atoms with van der Waals surface area (Å²) in [6, 6.07) is 7.32. The van der Waals surface area contributed by atoms with Gasteiger partial charge in [-0.3, -0.25) is 14.7 Å². The Bertz CT molecular complexity index is 1140. The highest BCUT2D eigenvalue weighted by atomic mass is 15.3. The number of nitriles is 1. The van der Waals surface area contributed by atoms with Gasteiger partial charge >= 0.3 is 0 Å². The molecule has 3 unspecified atom stereocenters. The van der Waals surface area contributed by atoms with Crippen molar-refractivity contribution in [1.82, 2.24) is 34.8 Å². The van der Waals surface area contributed by atoms with Crippen LogP contribution >= 0.6 is 0 Å². The number of nitrogens with one attached hydrogen (secondary N) is 2. The molecule has 1 saturated heterocycles. The number of likely N-dealkylation sites (tertiary alicyclic amines) is 1. The average Bonchev–Trinajstić information content (AvgIpc) is 3.44. The molecule has 34 heavy (non-hydrogen) atoms. The Morgan fingerprint density at radius 2 is 2.09 bits per heavy atom. The van der Waals surface area contributed by atoms with Crippen molar-refractivity contribution in [1.29, 1.82) is 5.26 Å². The number of piperidine rings is 1. The van der Waals surface area contributed by atoms with Crippen molar-refractivity contribution in [2.75, 3.05) is 23.8 Å². The normalized spacial score (nSPS) is 20.8. The zero-order valence-corrected chi connectivity index (χ0v) is 20.7. The lowest BCUT2D eigenvalue weighted by Gasteiger charge is -2.46. The number of nitrogens with zero attached hydrogens (tertiary/aromatic N) is 8. The van der Waals surface area contributed by atoms with E-state index in [0.29, 0.717) is 42.1 Å². The summed E-state index contributed by atoms with van der Waals surface area (Å²) in [6.45, 7) is 7.29. The second kappa shape index (κ2) is 10.2. The van der Waals surface area contributed by atoms with Gasteiger partial charge in [0.05, 0.1) is 18.0 Å². The lowest BCUT2D eigenvalue weighted by atomic mass is 9.89. The molecule has 3 aromatic rings. The predicted molar refractivity (Wildman–Crippen MR) is 133 cm³/mol. The topological polar surface area (TPSA) is 115 Å². The van der Waals surface area contributed by atoms with Gasteiger partial charge < -0.3 is 10.2 Å². The van der Waals surface area contributed by atoms with Crippen LogP contribution in [0.5, 0.6) is 0 Å². The highest BCUT2D eigenvalue weighted by Gasteiger charge is 2.34. The molecule has 180 valence electrons. The zero-order chi connectivity index (χ0) is 24.2. The van der Waals surface area contributed by atoms with Crippen molar-refractivity contribution in [2.45, 2.75) is 64.6 Å². The van der Waals surface area contributed by atoms with Gasteiger partial charge in [0.1, 0.15) is 5.82 Å². The lowest BCUT2D eigenvalue weighted by Crippen LogP contribution is -2.53. The van der Waals surface area contributed by atoms with Crippen molar-refractivity contribution >= 4 is 17.6 Å². The average molecular weight is 463 g/mol. The van der Waals surface area contributed by atoms with Crippen LogP contribution in [0.15, 0.2) is 24.5 Å². The van der Waals surface area contributed by atoms with E-state index in [4.69, 9.17) is 15.2 Å². The van der Waals surface area contributed by atoms with Crippen LogP contribution < -0.4 is 10.2 Å². The fourth-order valence-electron chi connectivity index (χ4n) is 4.87. The minimum atomic E-state index is 0.308. The minimum absolute atomic E-state index is 0.308. The van der Waals surface area contributed by atoms with Crippen LogP contribution in [0.4, 0.5) is 17.6 Å². The summed E-state index contributed by atoms with van der Waals surface area (Å²) in [6.07, 6.45) is 7.42. The molecule has 4 heterocycles. The van der Waals surface area contributed by atoms with Gasteiger partial charge in [-0.15, -0.1) is 0 Å². The van der Waals surface area contributed by atoms with Gasteiger partial charge in [-0.2, -0.15) is 20.4 Å². The maximum absolute atomic E-state index is 9.07. The molecule has 0 radical (unpaired) electrons. The van der Waals surface area contributed by atoms with Gasteiger partial charge in [0.2, 0.25) is 5.95 Å². The van der Waals surface area contributed by atoms with Gasteiger partial charge in [-0.05, 0) is 33.1 Å². The third-order valence-electron chi connectivity index (χ3n) is 6.69. The van der Waals surface area contributed by atoms with Gasteiger partial charge in [0, 0.05) is 74.8 Å². The Labute approximate surface area is 201 Å². The molecule has 1 aliphatic rings. The van der Waals surface area contributed by atoms with E-state index < -0.39 is 0 Å². The summed E-state index contributed by atoms with van der Waals surface area (Å²) in [7, 11) is 3.98. The van der Waals surface area contributed by atoms with E-state index in [0.717, 1.165) is 42.8 Å². The summed E-state index contributed by atoms with van der Waals surface area (Å²) >= 11 is 0. The summed E-state index contributed by atoms with van der Waals surface area (Å²) in [4.78, 5) is 14.5. The summed E-state index contributed by atoms with van der Waals surface area (Å²) in [5.41, 5.74) is 2.72. The molecule has 0 aromatic carbocycles. The molecule has 0 bridgehead atoms. The smallest absolute Gasteiger partial charge is 0.227 e. The van der Waals surface area contributed by atoms with E-state index in [1.165, 1.54) is 0 Å². The van der Waals surface area contributed by atoms with Gasteiger partial charge in [-0.1, -0.05) is 6.92 Å². The number of aromatic nitrogens is 6. The van der Waals surface area contributed by atoms with Crippen LogP contribution in [-0.2, 0) is 7.05 Å². The second-order valence-corrected chi connectivity index (χ2v) is 9.20. The standard InChI is InChI=1S/C24H34N10/c1-6-19-12-20(11-17(3)34(19)9-7-8-25)33(5)24-27-21(18-14-26-32(4)15-18)13-22(29-24)28-23-10-16(2)30-31-23/h10,13-15,17,19-20H,6-7,9,11-12H2,1-5H3,(H2,27,28,29,30,31). The monoisotopic (exact) mass is 462 g/mol. The Hall–Kier alpha value is -3.45. The van der Waals surface area contributed by atoms with Crippen molar-refractivity contribution in [3.05, 3.63) is 30.2 Å². The molecule has 1 aliphatic heterocycles. The van der Waals surface area contributed by atoms with Crippen LogP contribution in [0.2, 0.25) is 0 Å². The number of aromatic amines is 1. The predicted octanol–water partition coefficient (Wildman–Crippen LogP) is 3.63. The summed E-state index contributed by atoms with van der Waals surface area (Å²) in [5.74, 6) is 2.08. The number of rotatable bonds is 8. The van der Waals surface area contributed by atoms with Gasteiger partial charge in [-0.25, -0.2) is 4.98 Å². The number of hydrogen-bond acceptors (Lipinski definition) is 8. The van der Waals surface area contributed by atoms with E-state index in [2.05, 4.69) is 57.4 Å². The third-order valence-corrected chi connectivity index (χ3v) is 6.69. The van der Waals surface area contributed by atoms with Crippen molar-refractivity contribution in [3.63, 3.8) is 0 Å². The molecule has 0 spiro atoms. The lowest BCUT2D eigenvalue weighted by molar-refractivity contribution is 0.0803. The molecule has 1 fully saturated rings. The van der Waals surface area contributed by atoms with E-state index in [1.54, 1.807) is 4.68 Å². The van der Waals surface area contributed by atoms with E-state index in [1.807, 2.05) is 38.5 Å². The Kier molecular flexibility index (Phi) is 7.12. The number of aryl methyl sites for hydroxylation is 2. The molecule has 3 atom stereocenters. The number of H-pyrrole nitrogens is 1. The van der Waals surface area contributed by atoms with Crippen LogP contribution in [0.1, 0.15) is 45.2 Å². The third kappa shape index (κ3) is 5.20. The van der Waals surface area contributed by atoms with E-state index in [9.17, 15) is 0 Å². The molecule has 10 heteroatoms. The first-order valence-electron chi connectivity index (χ1n) is 11.9. The Balaban J connectivity index is 1.62. The van der Waals surface area contributed by atoms with Gasteiger partial charge in [0.25, 0.3) is 0 Å². The SMILES string of the molecule is CCC1CC(N(C)c2nc(Nc3cc(C)[nH]n3)cc(-c3cnn(C)c3)n2)CC(C)N1CCC#N. The molecule has 0 aliphatic carbocycles.